The molecule has 0 aliphatic carbocycles. The molecule has 110 valence electrons. The molecule has 0 radical (unpaired) electrons. The molecule has 0 amide bonds. The van der Waals surface area contributed by atoms with Crippen molar-refractivity contribution in [2.75, 3.05) is 6.61 Å². The van der Waals surface area contributed by atoms with Crippen LogP contribution in [0.3, 0.4) is 0 Å². The lowest BCUT2D eigenvalue weighted by molar-refractivity contribution is 0.177. The second kappa shape index (κ2) is 15.3. The summed E-state index contributed by atoms with van der Waals surface area (Å²) in [5, 5.41) is 17.1. The molecule has 19 heavy (non-hydrogen) atoms. The van der Waals surface area contributed by atoms with Gasteiger partial charge in [0.1, 0.15) is 0 Å². The van der Waals surface area contributed by atoms with Crippen molar-refractivity contribution in [3.8, 4) is 6.26 Å². The number of nitrogens with zero attached hydrogens (tertiary/aromatic N) is 1. The highest BCUT2D eigenvalue weighted by Crippen LogP contribution is 2.11. The highest BCUT2D eigenvalue weighted by Gasteiger charge is 2.16. The van der Waals surface area contributed by atoms with Crippen molar-refractivity contribution in [1.82, 2.24) is 0 Å². The molecule has 0 atom stereocenters. The van der Waals surface area contributed by atoms with Crippen LogP contribution in [0, 0.1) is 11.5 Å². The van der Waals surface area contributed by atoms with Crippen LogP contribution in [0.15, 0.2) is 0 Å². The van der Waals surface area contributed by atoms with Crippen molar-refractivity contribution in [3.05, 3.63) is 0 Å². The smallest absolute Gasteiger partial charge is 0.442 e. The highest BCUT2D eigenvalue weighted by atomic mass is 16.7. The summed E-state index contributed by atoms with van der Waals surface area (Å²) < 4.78 is 9.06. The Balaban J connectivity index is 3.01. The largest absolute Gasteiger partial charge is 0.720 e. The molecule has 0 fully saturated rings. The van der Waals surface area contributed by atoms with Crippen LogP contribution in [0.25, 0.3) is 0 Å². The number of hydrogen-bond donors (Lipinski definition) is 1. The average molecular weight is 269 g/mol. The number of unbranched alkanes of at least 4 members (excludes halogenated alkanes) is 10. The lowest BCUT2D eigenvalue weighted by Gasteiger charge is -2.04. The fourth-order valence-corrected chi connectivity index (χ4v) is 2.03. The molecule has 0 spiro atoms. The molecule has 1 N–H and O–H groups in total. The quantitative estimate of drug-likeness (QED) is 0.296. The van der Waals surface area contributed by atoms with Gasteiger partial charge in [-0.3, -0.25) is 0 Å². The fourth-order valence-electron chi connectivity index (χ4n) is 2.03. The Morgan fingerprint density at radius 3 is 1.84 bits per heavy atom. The summed E-state index contributed by atoms with van der Waals surface area (Å²) in [6.45, 7) is 2.69. The average Bonchev–Trinajstić information content (AvgIpc) is 2.40. The van der Waals surface area contributed by atoms with Gasteiger partial charge in [0, 0.05) is 6.61 Å². The summed E-state index contributed by atoms with van der Waals surface area (Å²) in [5.41, 5.74) is 0. The van der Waals surface area contributed by atoms with E-state index in [1.807, 2.05) is 0 Å². The first-order chi connectivity index (χ1) is 9.31. The summed E-state index contributed by atoms with van der Waals surface area (Å²) in [6, 6.07) is 0. The molecule has 0 unspecified atom stereocenters. The lowest BCUT2D eigenvalue weighted by Crippen LogP contribution is -2.20. The maximum absolute atomic E-state index is 8.94. The van der Waals surface area contributed by atoms with Gasteiger partial charge in [0.2, 0.25) is 0 Å². The van der Waals surface area contributed by atoms with Gasteiger partial charge in [0.15, 0.2) is 0 Å². The van der Waals surface area contributed by atoms with E-state index in [1.54, 1.807) is 0 Å². The van der Waals surface area contributed by atoms with Crippen LogP contribution in [0.4, 0.5) is 0 Å². The molecule has 0 heterocycles. The molecule has 0 aliphatic heterocycles. The Labute approximate surface area is 118 Å². The van der Waals surface area contributed by atoms with E-state index in [9.17, 15) is 0 Å². The standard InChI is InChI=1S/C14H28BNO3/c1-2-3-4-5-6-7-8-9-10-11-12-13-18-15(17)19-14-16/h17H,2-13H2,1H3. The molecule has 0 saturated carbocycles. The van der Waals surface area contributed by atoms with Crippen LogP contribution in [-0.4, -0.2) is 19.0 Å². The SMILES string of the molecule is CCCCCCCCCCCCCOB(O)OC#N. The molecule has 5 heteroatoms. The highest BCUT2D eigenvalue weighted by molar-refractivity contribution is 6.34. The Hall–Kier alpha value is -0.725. The minimum atomic E-state index is -1.40. The third kappa shape index (κ3) is 15.2. The molecular formula is C14H28BNO3. The van der Waals surface area contributed by atoms with Gasteiger partial charge in [-0.2, -0.15) is 5.26 Å². The monoisotopic (exact) mass is 269 g/mol. The van der Waals surface area contributed by atoms with Crippen LogP contribution >= 0.6 is 0 Å². The third-order valence-electron chi connectivity index (χ3n) is 3.16. The fraction of sp³-hybridized carbons (Fsp3) is 0.929. The summed E-state index contributed by atoms with van der Waals surface area (Å²) in [6.07, 6.45) is 15.4. The zero-order chi connectivity index (χ0) is 14.2. The van der Waals surface area contributed by atoms with E-state index in [0.717, 1.165) is 12.8 Å². The van der Waals surface area contributed by atoms with E-state index >= 15 is 0 Å². The van der Waals surface area contributed by atoms with Gasteiger partial charge in [0.25, 0.3) is 6.26 Å². The van der Waals surface area contributed by atoms with Gasteiger partial charge in [-0.1, -0.05) is 71.1 Å². The summed E-state index contributed by atoms with van der Waals surface area (Å²) >= 11 is 0. The molecule has 0 aliphatic rings. The predicted molar refractivity (Wildman–Crippen MR) is 77.1 cm³/mol. The first-order valence-corrected chi connectivity index (χ1v) is 7.65. The summed E-state index contributed by atoms with van der Waals surface area (Å²) in [7, 11) is -1.40. The van der Waals surface area contributed by atoms with Crippen LogP contribution in [0.2, 0.25) is 0 Å². The maximum atomic E-state index is 8.94. The van der Waals surface area contributed by atoms with E-state index in [1.165, 1.54) is 64.0 Å². The second-order valence-electron chi connectivity index (χ2n) is 4.92. The number of hydrogen-bond acceptors (Lipinski definition) is 4. The zero-order valence-electron chi connectivity index (χ0n) is 12.3. The van der Waals surface area contributed by atoms with Gasteiger partial charge in [-0.25, -0.2) is 0 Å². The van der Waals surface area contributed by atoms with E-state index in [-0.39, 0.29) is 0 Å². The van der Waals surface area contributed by atoms with Gasteiger partial charge >= 0.3 is 7.32 Å². The molecule has 0 aromatic carbocycles. The molecule has 4 nitrogen and oxygen atoms in total. The minimum absolute atomic E-state index is 0.444. The van der Waals surface area contributed by atoms with Crippen LogP contribution < -0.4 is 0 Å². The molecule has 0 aromatic rings. The van der Waals surface area contributed by atoms with Crippen molar-refractivity contribution in [3.63, 3.8) is 0 Å². The van der Waals surface area contributed by atoms with Crippen molar-refractivity contribution in [1.29, 1.82) is 5.26 Å². The normalized spacial score (nSPS) is 10.2. The lowest BCUT2D eigenvalue weighted by atomic mass is 10.1. The minimum Gasteiger partial charge on any atom is -0.442 e. The van der Waals surface area contributed by atoms with Crippen LogP contribution in [0.1, 0.15) is 77.6 Å². The first kappa shape index (κ1) is 18.3. The number of nitriles is 1. The van der Waals surface area contributed by atoms with E-state index < -0.39 is 7.32 Å². The molecule has 0 saturated heterocycles. The van der Waals surface area contributed by atoms with Crippen molar-refractivity contribution < 1.29 is 14.3 Å². The Morgan fingerprint density at radius 2 is 1.37 bits per heavy atom. The van der Waals surface area contributed by atoms with Crippen LogP contribution in [0.5, 0.6) is 0 Å². The van der Waals surface area contributed by atoms with E-state index in [4.69, 9.17) is 14.9 Å². The Bertz CT molecular complexity index is 221. The molecule has 0 rings (SSSR count). The zero-order valence-corrected chi connectivity index (χ0v) is 12.3. The van der Waals surface area contributed by atoms with Gasteiger partial charge in [-0.15, -0.1) is 0 Å². The van der Waals surface area contributed by atoms with Crippen molar-refractivity contribution >= 4 is 7.32 Å². The van der Waals surface area contributed by atoms with Crippen LogP contribution in [-0.2, 0) is 9.31 Å². The van der Waals surface area contributed by atoms with E-state index in [2.05, 4.69) is 11.6 Å². The van der Waals surface area contributed by atoms with Gasteiger partial charge < -0.3 is 14.3 Å². The first-order valence-electron chi connectivity index (χ1n) is 7.65. The van der Waals surface area contributed by atoms with Crippen molar-refractivity contribution in [2.24, 2.45) is 0 Å². The molecule has 0 bridgehead atoms. The molecular weight excluding hydrogens is 241 g/mol. The topological polar surface area (TPSA) is 62.5 Å². The Morgan fingerprint density at radius 1 is 0.895 bits per heavy atom. The van der Waals surface area contributed by atoms with Gasteiger partial charge in [0.05, 0.1) is 0 Å². The van der Waals surface area contributed by atoms with Gasteiger partial charge in [-0.05, 0) is 6.42 Å². The third-order valence-corrected chi connectivity index (χ3v) is 3.16. The van der Waals surface area contributed by atoms with Crippen molar-refractivity contribution in [2.45, 2.75) is 77.6 Å². The molecule has 0 aromatic heterocycles. The van der Waals surface area contributed by atoms with E-state index in [0.29, 0.717) is 6.61 Å². The predicted octanol–water partition coefficient (Wildman–Crippen LogP) is 3.79. The maximum Gasteiger partial charge on any atom is 0.720 e. The Kier molecular flexibility index (Phi) is 14.7. The summed E-state index contributed by atoms with van der Waals surface area (Å²) in [4.78, 5) is 0. The number of rotatable bonds is 14. The summed E-state index contributed by atoms with van der Waals surface area (Å²) in [5.74, 6) is 0. The second-order valence-corrected chi connectivity index (χ2v) is 4.92.